The highest BCUT2D eigenvalue weighted by atomic mass is 35.5. The van der Waals surface area contributed by atoms with E-state index in [2.05, 4.69) is 10.5 Å². The molecule has 0 fully saturated rings. The maximum atomic E-state index is 11.4. The van der Waals surface area contributed by atoms with Crippen molar-refractivity contribution in [3.8, 4) is 11.5 Å². The molecule has 0 bridgehead atoms. The fourth-order valence-electron chi connectivity index (χ4n) is 2.77. The molecule has 0 heterocycles. The number of hydrogen-bond donors (Lipinski definition) is 2. The van der Waals surface area contributed by atoms with Gasteiger partial charge in [0.15, 0.2) is 11.5 Å². The molecule has 0 saturated carbocycles. The molecule has 3 aromatic carbocycles. The lowest BCUT2D eigenvalue weighted by atomic mass is 10.2. The number of nitrogens with two attached hydrogens (primary N) is 1. The Morgan fingerprint density at radius 2 is 1.91 bits per heavy atom. The highest BCUT2D eigenvalue weighted by Crippen LogP contribution is 2.30. The summed E-state index contributed by atoms with van der Waals surface area (Å²) >= 11 is 6.14. The van der Waals surface area contributed by atoms with Crippen LogP contribution in [-0.2, 0) is 16.6 Å². The number of ether oxygens (including phenoxy) is 2. The maximum absolute atomic E-state index is 11.4. The van der Waals surface area contributed by atoms with E-state index >= 15 is 0 Å². The van der Waals surface area contributed by atoms with Crippen molar-refractivity contribution >= 4 is 39.2 Å². The molecule has 0 aromatic heterocycles. The molecule has 3 rings (SSSR count). The highest BCUT2D eigenvalue weighted by Gasteiger charge is 2.18. The van der Waals surface area contributed by atoms with Crippen molar-refractivity contribution < 1.29 is 22.8 Å². The lowest BCUT2D eigenvalue weighted by Gasteiger charge is -2.12. The van der Waals surface area contributed by atoms with Crippen LogP contribution in [0.5, 0.6) is 11.5 Å². The molecule has 33 heavy (non-hydrogen) atoms. The van der Waals surface area contributed by atoms with Gasteiger partial charge in [-0.25, -0.2) is 13.6 Å². The second-order valence-corrected chi connectivity index (χ2v) is 8.61. The first-order valence-corrected chi connectivity index (χ1v) is 11.3. The van der Waals surface area contributed by atoms with Gasteiger partial charge in [-0.05, 0) is 42.0 Å². The molecule has 10 nitrogen and oxygen atoms in total. The summed E-state index contributed by atoms with van der Waals surface area (Å²) in [6.45, 7) is 0.253. The normalized spacial score (nSPS) is 11.4. The van der Waals surface area contributed by atoms with Crippen LogP contribution in [0.3, 0.4) is 0 Å². The molecule has 12 heteroatoms. The SMILES string of the molecule is COc1cc(C=NNc2ccc(S(N)(=O)=O)cc2[N+](=O)[O-])ccc1OCc1ccccc1Cl. The highest BCUT2D eigenvalue weighted by molar-refractivity contribution is 7.89. The van der Waals surface area contributed by atoms with Gasteiger partial charge in [0.1, 0.15) is 12.3 Å². The summed E-state index contributed by atoms with van der Waals surface area (Å²) in [4.78, 5) is 10.2. The number of sulfonamides is 1. The summed E-state index contributed by atoms with van der Waals surface area (Å²) in [6.07, 6.45) is 1.41. The molecule has 3 aromatic rings. The van der Waals surface area contributed by atoms with Crippen molar-refractivity contribution in [1.29, 1.82) is 0 Å². The Labute approximate surface area is 194 Å². The molecular weight excluding hydrogens is 472 g/mol. The third-order valence-electron chi connectivity index (χ3n) is 4.42. The van der Waals surface area contributed by atoms with Gasteiger partial charge < -0.3 is 9.47 Å². The lowest BCUT2D eigenvalue weighted by molar-refractivity contribution is -0.384. The summed E-state index contributed by atoms with van der Waals surface area (Å²) in [6, 6.07) is 15.6. The van der Waals surface area contributed by atoms with E-state index in [1.807, 2.05) is 18.2 Å². The van der Waals surface area contributed by atoms with Crippen LogP contribution in [0.25, 0.3) is 0 Å². The smallest absolute Gasteiger partial charge is 0.295 e. The molecule has 0 spiro atoms. The molecule has 0 saturated heterocycles. The molecule has 172 valence electrons. The van der Waals surface area contributed by atoms with E-state index in [1.165, 1.54) is 19.4 Å². The predicted molar refractivity (Wildman–Crippen MR) is 124 cm³/mol. The Hall–Kier alpha value is -3.67. The van der Waals surface area contributed by atoms with Gasteiger partial charge in [0, 0.05) is 16.7 Å². The van der Waals surface area contributed by atoms with E-state index in [9.17, 15) is 18.5 Å². The minimum Gasteiger partial charge on any atom is -0.493 e. The van der Waals surface area contributed by atoms with E-state index in [0.717, 1.165) is 17.7 Å². The zero-order valence-corrected chi connectivity index (χ0v) is 18.8. The summed E-state index contributed by atoms with van der Waals surface area (Å²) < 4.78 is 34.0. The average molecular weight is 491 g/mol. The van der Waals surface area contributed by atoms with Crippen LogP contribution in [0, 0.1) is 10.1 Å². The average Bonchev–Trinajstić information content (AvgIpc) is 2.78. The minimum absolute atomic E-state index is 0.00434. The third kappa shape index (κ3) is 6.19. The van der Waals surface area contributed by atoms with Gasteiger partial charge in [-0.1, -0.05) is 29.8 Å². The number of nitro groups is 1. The lowest BCUT2D eigenvalue weighted by Crippen LogP contribution is -2.12. The van der Waals surface area contributed by atoms with Crippen molar-refractivity contribution in [2.75, 3.05) is 12.5 Å². The van der Waals surface area contributed by atoms with Gasteiger partial charge in [0.05, 0.1) is 23.1 Å². The second-order valence-electron chi connectivity index (χ2n) is 6.64. The fraction of sp³-hybridized carbons (Fsp3) is 0.0952. The van der Waals surface area contributed by atoms with E-state index in [0.29, 0.717) is 22.1 Å². The molecule has 3 N–H and O–H groups in total. The standard InChI is InChI=1S/C21H19ClN4O6S/c1-31-21-10-14(6-9-20(21)32-13-15-4-2-3-5-17(15)22)12-24-25-18-8-7-16(33(23,29)30)11-19(18)26(27)28/h2-12,25H,13H2,1H3,(H2,23,29,30). The molecule has 0 aliphatic heterocycles. The fourth-order valence-corrected chi connectivity index (χ4v) is 3.49. The predicted octanol–water partition coefficient (Wildman–Crippen LogP) is 3.93. The monoisotopic (exact) mass is 490 g/mol. The van der Waals surface area contributed by atoms with Gasteiger partial charge in [-0.3, -0.25) is 15.5 Å². The van der Waals surface area contributed by atoms with Crippen molar-refractivity contribution in [1.82, 2.24) is 0 Å². The Balaban J connectivity index is 1.74. The molecule has 0 amide bonds. The van der Waals surface area contributed by atoms with Crippen molar-refractivity contribution in [3.05, 3.63) is 86.9 Å². The van der Waals surface area contributed by atoms with Gasteiger partial charge in [0.25, 0.3) is 5.69 Å². The number of nitro benzene ring substituents is 1. The minimum atomic E-state index is -4.08. The topological polar surface area (TPSA) is 146 Å². The quantitative estimate of drug-likeness (QED) is 0.262. The zero-order valence-electron chi connectivity index (χ0n) is 17.3. The van der Waals surface area contributed by atoms with Gasteiger partial charge in [-0.15, -0.1) is 0 Å². The molecular formula is C21H19ClN4O6S. The number of methoxy groups -OCH3 is 1. The van der Waals surface area contributed by atoms with Crippen molar-refractivity contribution in [3.63, 3.8) is 0 Å². The van der Waals surface area contributed by atoms with E-state index in [-0.39, 0.29) is 17.2 Å². The number of hydrogen-bond acceptors (Lipinski definition) is 8. The second kappa shape index (κ2) is 10.3. The van der Waals surface area contributed by atoms with Gasteiger partial charge in [-0.2, -0.15) is 5.10 Å². The first kappa shape index (κ1) is 24.0. The summed E-state index contributed by atoms with van der Waals surface area (Å²) in [5.74, 6) is 0.950. The number of nitrogens with one attached hydrogen (secondary N) is 1. The third-order valence-corrected chi connectivity index (χ3v) is 5.70. The number of hydrazone groups is 1. The van der Waals surface area contributed by atoms with Crippen LogP contribution in [0.15, 0.2) is 70.7 Å². The number of rotatable bonds is 9. The summed E-state index contributed by atoms with van der Waals surface area (Å²) in [7, 11) is -2.59. The van der Waals surface area contributed by atoms with Crippen molar-refractivity contribution in [2.45, 2.75) is 11.5 Å². The van der Waals surface area contributed by atoms with Gasteiger partial charge in [0.2, 0.25) is 10.0 Å². The van der Waals surface area contributed by atoms with Crippen LogP contribution in [-0.4, -0.2) is 26.7 Å². The molecule has 0 aliphatic rings. The van der Waals surface area contributed by atoms with Crippen LogP contribution in [0.4, 0.5) is 11.4 Å². The number of anilines is 1. The zero-order chi connectivity index (χ0) is 24.0. The number of halogens is 1. The number of nitrogens with zero attached hydrogens (tertiary/aromatic N) is 2. The van der Waals surface area contributed by atoms with E-state index < -0.39 is 20.6 Å². The Bertz CT molecular complexity index is 1310. The first-order chi connectivity index (χ1) is 15.7. The molecule has 0 atom stereocenters. The maximum Gasteiger partial charge on any atom is 0.295 e. The number of benzene rings is 3. The van der Waals surface area contributed by atoms with Crippen LogP contribution >= 0.6 is 11.6 Å². The Morgan fingerprint density at radius 3 is 2.58 bits per heavy atom. The van der Waals surface area contributed by atoms with Gasteiger partial charge >= 0.3 is 0 Å². The molecule has 0 radical (unpaired) electrons. The van der Waals surface area contributed by atoms with Crippen LogP contribution in [0.2, 0.25) is 5.02 Å². The summed E-state index contributed by atoms with van der Waals surface area (Å²) in [5, 5.41) is 20.9. The summed E-state index contributed by atoms with van der Waals surface area (Å²) in [5.41, 5.74) is 3.49. The number of primary sulfonamides is 1. The van der Waals surface area contributed by atoms with Crippen molar-refractivity contribution in [2.24, 2.45) is 10.2 Å². The van der Waals surface area contributed by atoms with E-state index in [1.54, 1.807) is 24.3 Å². The Morgan fingerprint density at radius 1 is 1.15 bits per heavy atom. The van der Waals surface area contributed by atoms with Crippen LogP contribution < -0.4 is 20.0 Å². The van der Waals surface area contributed by atoms with E-state index in [4.69, 9.17) is 26.2 Å². The Kier molecular flexibility index (Phi) is 7.48. The van der Waals surface area contributed by atoms with Crippen LogP contribution in [0.1, 0.15) is 11.1 Å². The molecule has 0 aliphatic carbocycles. The molecule has 0 unspecified atom stereocenters. The first-order valence-electron chi connectivity index (χ1n) is 9.33. The largest absolute Gasteiger partial charge is 0.493 e.